The van der Waals surface area contributed by atoms with E-state index in [1.807, 2.05) is 0 Å². The summed E-state index contributed by atoms with van der Waals surface area (Å²) in [6.07, 6.45) is 82.5. The summed E-state index contributed by atoms with van der Waals surface area (Å²) in [4.78, 5) is 38.3. The zero-order valence-corrected chi connectivity index (χ0v) is 48.6. The fraction of sp³-hybridized carbons (Fsp3) is 0.721. The number of carbonyl (C=O) groups excluding carboxylic acids is 3. The van der Waals surface area contributed by atoms with Gasteiger partial charge in [-0.05, 0) is 103 Å². The van der Waals surface area contributed by atoms with Crippen LogP contribution in [-0.4, -0.2) is 37.2 Å². The van der Waals surface area contributed by atoms with Crippen molar-refractivity contribution in [1.29, 1.82) is 0 Å². The van der Waals surface area contributed by atoms with E-state index in [-0.39, 0.29) is 31.1 Å². The Bertz CT molecular complexity index is 1460. The lowest BCUT2D eigenvalue weighted by Crippen LogP contribution is -2.30. The van der Waals surface area contributed by atoms with Crippen LogP contribution in [-0.2, 0) is 28.6 Å². The molecule has 0 aromatic carbocycles. The minimum Gasteiger partial charge on any atom is -0.462 e. The Kier molecular flexibility index (Phi) is 58.8. The summed E-state index contributed by atoms with van der Waals surface area (Å²) < 4.78 is 16.9. The molecule has 0 aromatic heterocycles. The number of hydrogen-bond donors (Lipinski definition) is 0. The molecule has 424 valence electrons. The number of unbranched alkanes of at least 4 members (excludes halogenated alkanes) is 32. The maximum atomic E-state index is 12.9. The Morgan fingerprint density at radius 1 is 0.297 bits per heavy atom. The number of esters is 3. The monoisotopic (exact) mass is 1030 g/mol. The second-order valence-electron chi connectivity index (χ2n) is 20.7. The maximum Gasteiger partial charge on any atom is 0.306 e. The van der Waals surface area contributed by atoms with E-state index >= 15 is 0 Å². The molecular formula is C68H116O6. The highest BCUT2D eigenvalue weighted by atomic mass is 16.6. The van der Waals surface area contributed by atoms with Gasteiger partial charge < -0.3 is 14.2 Å². The number of ether oxygens (including phenoxy) is 3. The van der Waals surface area contributed by atoms with Crippen LogP contribution in [0.4, 0.5) is 0 Å². The molecule has 1 unspecified atom stereocenters. The molecule has 0 saturated heterocycles. The van der Waals surface area contributed by atoms with Crippen LogP contribution in [0.3, 0.4) is 0 Å². The van der Waals surface area contributed by atoms with Crippen molar-refractivity contribution in [3.05, 3.63) is 97.2 Å². The highest BCUT2D eigenvalue weighted by molar-refractivity contribution is 5.71. The summed E-state index contributed by atoms with van der Waals surface area (Å²) in [5.41, 5.74) is 0. The molecule has 0 heterocycles. The van der Waals surface area contributed by atoms with Gasteiger partial charge in [-0.25, -0.2) is 0 Å². The first-order chi connectivity index (χ1) is 36.5. The van der Waals surface area contributed by atoms with Gasteiger partial charge in [0.1, 0.15) is 13.2 Å². The zero-order valence-electron chi connectivity index (χ0n) is 48.6. The van der Waals surface area contributed by atoms with Crippen molar-refractivity contribution >= 4 is 17.9 Å². The average Bonchev–Trinajstić information content (AvgIpc) is 3.40. The molecule has 0 aliphatic heterocycles. The summed E-state index contributed by atoms with van der Waals surface area (Å²) in [6, 6.07) is 0. The van der Waals surface area contributed by atoms with Gasteiger partial charge in [-0.1, -0.05) is 272 Å². The van der Waals surface area contributed by atoms with E-state index in [2.05, 4.69) is 118 Å². The van der Waals surface area contributed by atoms with Crippen molar-refractivity contribution in [2.45, 2.75) is 303 Å². The maximum absolute atomic E-state index is 12.9. The lowest BCUT2D eigenvalue weighted by molar-refractivity contribution is -0.167. The molecule has 0 N–H and O–H groups in total. The second-order valence-corrected chi connectivity index (χ2v) is 20.7. The van der Waals surface area contributed by atoms with Crippen molar-refractivity contribution in [2.24, 2.45) is 0 Å². The van der Waals surface area contributed by atoms with Crippen molar-refractivity contribution in [3.63, 3.8) is 0 Å². The Labute approximate surface area is 457 Å². The molecule has 0 aliphatic carbocycles. The molecule has 0 radical (unpaired) electrons. The van der Waals surface area contributed by atoms with E-state index in [1.165, 1.54) is 154 Å². The molecule has 0 rings (SSSR count). The van der Waals surface area contributed by atoms with E-state index in [0.29, 0.717) is 19.3 Å². The summed E-state index contributed by atoms with van der Waals surface area (Å²) in [5, 5.41) is 0. The normalized spacial score (nSPS) is 12.7. The van der Waals surface area contributed by atoms with Gasteiger partial charge in [0.25, 0.3) is 0 Å². The van der Waals surface area contributed by atoms with Gasteiger partial charge in [0.15, 0.2) is 6.10 Å². The summed E-state index contributed by atoms with van der Waals surface area (Å²) in [7, 11) is 0. The molecule has 1 atom stereocenters. The SMILES string of the molecule is CC/C=C\C/C=C\C/C=C\CCCCCCCCCCCC(=O)OCC(COC(=O)CCCCCCC\C=C/C=C\C=C/C=C\CCCCC)OC(=O)CCCCCCCCC/C=C\CCCCCCCCCC. The van der Waals surface area contributed by atoms with Gasteiger partial charge >= 0.3 is 17.9 Å². The Morgan fingerprint density at radius 2 is 0.581 bits per heavy atom. The fourth-order valence-electron chi connectivity index (χ4n) is 8.70. The summed E-state index contributed by atoms with van der Waals surface area (Å²) in [6.45, 7) is 6.49. The predicted octanol–water partition coefficient (Wildman–Crippen LogP) is 21.3. The van der Waals surface area contributed by atoms with E-state index in [0.717, 1.165) is 103 Å². The van der Waals surface area contributed by atoms with Crippen LogP contribution in [0.25, 0.3) is 0 Å². The van der Waals surface area contributed by atoms with E-state index < -0.39 is 6.10 Å². The molecule has 0 aromatic rings. The minimum atomic E-state index is -0.794. The van der Waals surface area contributed by atoms with Crippen LogP contribution >= 0.6 is 0 Å². The number of allylic oxidation sites excluding steroid dienone is 16. The summed E-state index contributed by atoms with van der Waals surface area (Å²) >= 11 is 0. The standard InChI is InChI=1S/C68H116O6/c1-4-7-10-13-16-19-22-25-28-31-34-37-40-43-46-49-52-55-58-61-67(70)73-64-65(63-72-66(69)60-57-54-51-48-45-42-39-36-33-30-27-24-21-18-15-12-9-6-3)74-68(71)62-59-56-53-50-47-44-41-38-35-32-29-26-23-20-17-14-11-8-5-2/h7,10,16,18-19,21,24-25,27-28,30,32-33,35-36,39,65H,4-6,8-9,11-15,17,20,22-23,26,29,31,34,37-38,40-64H2,1-3H3/b10-7-,19-16-,21-18-,27-24-,28-25-,33-30-,35-32-,39-36-. The van der Waals surface area contributed by atoms with Gasteiger partial charge in [-0.2, -0.15) is 0 Å². The Balaban J connectivity index is 4.44. The van der Waals surface area contributed by atoms with E-state index in [4.69, 9.17) is 14.2 Å². The fourth-order valence-corrected chi connectivity index (χ4v) is 8.70. The largest absolute Gasteiger partial charge is 0.462 e. The Morgan fingerprint density at radius 3 is 0.986 bits per heavy atom. The second kappa shape index (κ2) is 61.9. The van der Waals surface area contributed by atoms with Crippen molar-refractivity contribution in [2.75, 3.05) is 13.2 Å². The van der Waals surface area contributed by atoms with Crippen molar-refractivity contribution < 1.29 is 28.6 Å². The van der Waals surface area contributed by atoms with Crippen molar-refractivity contribution in [3.8, 4) is 0 Å². The highest BCUT2D eigenvalue weighted by Crippen LogP contribution is 2.16. The molecule has 0 fully saturated rings. The molecule has 74 heavy (non-hydrogen) atoms. The quantitative estimate of drug-likeness (QED) is 0.0199. The third-order valence-electron chi connectivity index (χ3n) is 13.4. The number of hydrogen-bond acceptors (Lipinski definition) is 6. The topological polar surface area (TPSA) is 78.9 Å². The third-order valence-corrected chi connectivity index (χ3v) is 13.4. The first-order valence-corrected chi connectivity index (χ1v) is 31.3. The molecular weight excluding hydrogens is 913 g/mol. The van der Waals surface area contributed by atoms with Gasteiger partial charge in [0, 0.05) is 19.3 Å². The lowest BCUT2D eigenvalue weighted by atomic mass is 10.1. The third kappa shape index (κ3) is 59.2. The predicted molar refractivity (Wildman–Crippen MR) is 320 cm³/mol. The van der Waals surface area contributed by atoms with E-state index in [1.54, 1.807) is 0 Å². The molecule has 0 bridgehead atoms. The molecule has 6 heteroatoms. The van der Waals surface area contributed by atoms with Crippen molar-refractivity contribution in [1.82, 2.24) is 0 Å². The molecule has 0 saturated carbocycles. The number of carbonyl (C=O) groups is 3. The van der Waals surface area contributed by atoms with Gasteiger partial charge in [-0.15, -0.1) is 0 Å². The smallest absolute Gasteiger partial charge is 0.306 e. The van der Waals surface area contributed by atoms with Crippen LogP contribution in [0.15, 0.2) is 97.2 Å². The van der Waals surface area contributed by atoms with Crippen LogP contribution in [0, 0.1) is 0 Å². The molecule has 0 spiro atoms. The Hall–Kier alpha value is -3.67. The molecule has 0 aliphatic rings. The van der Waals surface area contributed by atoms with Crippen LogP contribution in [0.2, 0.25) is 0 Å². The lowest BCUT2D eigenvalue weighted by Gasteiger charge is -2.18. The zero-order chi connectivity index (χ0) is 53.6. The van der Waals surface area contributed by atoms with Crippen LogP contribution < -0.4 is 0 Å². The average molecular weight is 1030 g/mol. The van der Waals surface area contributed by atoms with Gasteiger partial charge in [0.2, 0.25) is 0 Å². The summed E-state index contributed by atoms with van der Waals surface area (Å²) in [5.74, 6) is -0.914. The first-order valence-electron chi connectivity index (χ1n) is 31.3. The van der Waals surface area contributed by atoms with E-state index in [9.17, 15) is 14.4 Å². The molecule has 6 nitrogen and oxygen atoms in total. The van der Waals surface area contributed by atoms with Crippen LogP contribution in [0.5, 0.6) is 0 Å². The van der Waals surface area contributed by atoms with Crippen LogP contribution in [0.1, 0.15) is 297 Å². The molecule has 0 amide bonds. The highest BCUT2D eigenvalue weighted by Gasteiger charge is 2.19. The van der Waals surface area contributed by atoms with Gasteiger partial charge in [0.05, 0.1) is 0 Å². The van der Waals surface area contributed by atoms with Gasteiger partial charge in [-0.3, -0.25) is 14.4 Å². The first kappa shape index (κ1) is 70.3. The minimum absolute atomic E-state index is 0.0898. The number of rotatable bonds is 56.